The summed E-state index contributed by atoms with van der Waals surface area (Å²) < 4.78 is 26.6. The van der Waals surface area contributed by atoms with E-state index in [0.29, 0.717) is 5.69 Å². The van der Waals surface area contributed by atoms with E-state index in [-0.39, 0.29) is 22.4 Å². The second kappa shape index (κ2) is 7.26. The van der Waals surface area contributed by atoms with E-state index >= 15 is 0 Å². The van der Waals surface area contributed by atoms with Crippen molar-refractivity contribution < 1.29 is 13.5 Å². The molecule has 20 heavy (non-hydrogen) atoms. The molecule has 4 N–H and O–H groups in total. The number of nitrogens with two attached hydrogens (primary N) is 1. The molecular formula is C13H21ClN2O3S. The van der Waals surface area contributed by atoms with E-state index in [1.807, 2.05) is 13.8 Å². The zero-order chi connectivity index (χ0) is 15.3. The summed E-state index contributed by atoms with van der Waals surface area (Å²) in [6, 6.07) is 4.20. The van der Waals surface area contributed by atoms with Crippen molar-refractivity contribution in [1.29, 1.82) is 0 Å². The van der Waals surface area contributed by atoms with Gasteiger partial charge in [0.1, 0.15) is 4.90 Å². The lowest BCUT2D eigenvalue weighted by molar-refractivity contribution is 0.107. The van der Waals surface area contributed by atoms with Gasteiger partial charge in [-0.2, -0.15) is 0 Å². The Morgan fingerprint density at radius 2 is 1.95 bits per heavy atom. The molecule has 0 fully saturated rings. The van der Waals surface area contributed by atoms with Crippen molar-refractivity contribution in [2.45, 2.75) is 37.7 Å². The number of benzene rings is 1. The Hall–Kier alpha value is -0.820. The minimum atomic E-state index is -3.75. The van der Waals surface area contributed by atoms with Crippen LogP contribution in [0, 0.1) is 5.92 Å². The highest BCUT2D eigenvalue weighted by atomic mass is 35.5. The highest BCUT2D eigenvalue weighted by Crippen LogP contribution is 2.23. The van der Waals surface area contributed by atoms with Gasteiger partial charge < -0.3 is 10.8 Å². The molecule has 0 aliphatic carbocycles. The molecule has 0 saturated carbocycles. The molecule has 0 aliphatic heterocycles. The first kappa shape index (κ1) is 17.2. The summed E-state index contributed by atoms with van der Waals surface area (Å²) in [6.07, 6.45) is 0.872. The van der Waals surface area contributed by atoms with Crippen LogP contribution < -0.4 is 10.5 Å². The zero-order valence-electron chi connectivity index (χ0n) is 11.6. The lowest BCUT2D eigenvalue weighted by atomic mass is 9.97. The number of anilines is 1. The first-order valence-electron chi connectivity index (χ1n) is 6.54. The lowest BCUT2D eigenvalue weighted by Crippen LogP contribution is -2.36. The molecule has 0 radical (unpaired) electrons. The standard InChI is InChI=1S/C13H21ClN2O3S/c1-3-9(4-2)12(17)8-16-20(18,19)13-6-5-10(15)7-11(13)14/h5-7,9,12,16-17H,3-4,8,15H2,1-2H3. The van der Waals surface area contributed by atoms with Crippen LogP contribution in [0.2, 0.25) is 5.02 Å². The van der Waals surface area contributed by atoms with E-state index in [4.69, 9.17) is 17.3 Å². The van der Waals surface area contributed by atoms with Crippen LogP contribution in [0.3, 0.4) is 0 Å². The predicted molar refractivity (Wildman–Crippen MR) is 81.1 cm³/mol. The molecule has 0 amide bonds. The smallest absolute Gasteiger partial charge is 0.242 e. The fourth-order valence-electron chi connectivity index (χ4n) is 2.01. The molecule has 0 saturated heterocycles. The Labute approximate surface area is 125 Å². The number of aliphatic hydroxyl groups excluding tert-OH is 1. The monoisotopic (exact) mass is 320 g/mol. The van der Waals surface area contributed by atoms with Crippen molar-refractivity contribution in [2.24, 2.45) is 5.92 Å². The van der Waals surface area contributed by atoms with Crippen LogP contribution in [-0.4, -0.2) is 26.2 Å². The number of halogens is 1. The van der Waals surface area contributed by atoms with Gasteiger partial charge in [-0.1, -0.05) is 38.3 Å². The zero-order valence-corrected chi connectivity index (χ0v) is 13.2. The number of nitrogens with one attached hydrogen (secondary N) is 1. The highest BCUT2D eigenvalue weighted by molar-refractivity contribution is 7.89. The molecule has 5 nitrogen and oxygen atoms in total. The number of rotatable bonds is 7. The molecule has 0 heterocycles. The molecular weight excluding hydrogens is 300 g/mol. The largest absolute Gasteiger partial charge is 0.399 e. The van der Waals surface area contributed by atoms with Crippen molar-refractivity contribution in [2.75, 3.05) is 12.3 Å². The van der Waals surface area contributed by atoms with Gasteiger partial charge in [0, 0.05) is 12.2 Å². The van der Waals surface area contributed by atoms with Crippen LogP contribution in [0.4, 0.5) is 5.69 Å². The number of hydrogen-bond donors (Lipinski definition) is 3. The van der Waals surface area contributed by atoms with Gasteiger partial charge in [-0.05, 0) is 24.1 Å². The molecule has 0 spiro atoms. The fraction of sp³-hybridized carbons (Fsp3) is 0.538. The second-order valence-corrected chi connectivity index (χ2v) is 6.83. The Morgan fingerprint density at radius 3 is 2.45 bits per heavy atom. The average Bonchev–Trinajstić information content (AvgIpc) is 2.37. The van der Waals surface area contributed by atoms with Crippen LogP contribution in [-0.2, 0) is 10.0 Å². The first-order chi connectivity index (χ1) is 9.31. The number of aliphatic hydroxyl groups is 1. The Morgan fingerprint density at radius 1 is 1.35 bits per heavy atom. The van der Waals surface area contributed by atoms with Crippen LogP contribution in [0.25, 0.3) is 0 Å². The number of hydrogen-bond acceptors (Lipinski definition) is 4. The third-order valence-corrected chi connectivity index (χ3v) is 5.23. The third-order valence-electron chi connectivity index (χ3n) is 3.32. The molecule has 1 unspecified atom stereocenters. The van der Waals surface area contributed by atoms with Crippen LogP contribution in [0.15, 0.2) is 23.1 Å². The van der Waals surface area contributed by atoms with Gasteiger partial charge in [0.2, 0.25) is 10.0 Å². The highest BCUT2D eigenvalue weighted by Gasteiger charge is 2.21. The summed E-state index contributed by atoms with van der Waals surface area (Å²) in [5, 5.41) is 10.0. The molecule has 114 valence electrons. The quantitative estimate of drug-likeness (QED) is 0.670. The van der Waals surface area contributed by atoms with Gasteiger partial charge in [0.05, 0.1) is 11.1 Å². The molecule has 1 aromatic carbocycles. The third kappa shape index (κ3) is 4.34. The normalized spacial score (nSPS) is 13.7. The second-order valence-electron chi connectivity index (χ2n) is 4.69. The molecule has 7 heteroatoms. The Bertz CT molecular complexity index is 545. The van der Waals surface area contributed by atoms with Crippen molar-refractivity contribution in [1.82, 2.24) is 4.72 Å². The number of sulfonamides is 1. The minimum absolute atomic E-state index is 0.0324. The van der Waals surface area contributed by atoms with Crippen molar-refractivity contribution in [3.8, 4) is 0 Å². The molecule has 0 aromatic heterocycles. The van der Waals surface area contributed by atoms with Crippen molar-refractivity contribution >= 4 is 27.3 Å². The van der Waals surface area contributed by atoms with E-state index in [1.165, 1.54) is 18.2 Å². The first-order valence-corrected chi connectivity index (χ1v) is 8.40. The van der Waals surface area contributed by atoms with Crippen LogP contribution >= 0.6 is 11.6 Å². The summed E-state index contributed by atoms with van der Waals surface area (Å²) in [7, 11) is -3.75. The Balaban J connectivity index is 2.80. The number of nitrogen functional groups attached to an aromatic ring is 1. The van der Waals surface area contributed by atoms with E-state index in [1.54, 1.807) is 0 Å². The fourth-order valence-corrected chi connectivity index (χ4v) is 3.61. The summed E-state index contributed by atoms with van der Waals surface area (Å²) in [5.74, 6) is 0.0691. The summed E-state index contributed by atoms with van der Waals surface area (Å²) in [6.45, 7) is 3.89. The molecule has 1 aromatic rings. The maximum absolute atomic E-state index is 12.1. The van der Waals surface area contributed by atoms with Gasteiger partial charge in [-0.25, -0.2) is 13.1 Å². The topological polar surface area (TPSA) is 92.4 Å². The predicted octanol–water partition coefficient (Wildman–Crippen LogP) is 2.00. The molecule has 0 aliphatic rings. The van der Waals surface area contributed by atoms with Gasteiger partial charge in [0.15, 0.2) is 0 Å². The Kier molecular flexibility index (Phi) is 6.26. The molecule has 1 atom stereocenters. The maximum Gasteiger partial charge on any atom is 0.242 e. The summed E-state index contributed by atoms with van der Waals surface area (Å²) in [5.41, 5.74) is 5.92. The maximum atomic E-state index is 12.1. The van der Waals surface area contributed by atoms with Gasteiger partial charge in [-0.3, -0.25) is 0 Å². The molecule has 0 bridgehead atoms. The van der Waals surface area contributed by atoms with Gasteiger partial charge in [0.25, 0.3) is 0 Å². The van der Waals surface area contributed by atoms with E-state index in [0.717, 1.165) is 12.8 Å². The van der Waals surface area contributed by atoms with Crippen molar-refractivity contribution in [3.05, 3.63) is 23.2 Å². The summed E-state index contributed by atoms with van der Waals surface area (Å²) >= 11 is 5.88. The van der Waals surface area contributed by atoms with E-state index < -0.39 is 16.1 Å². The summed E-state index contributed by atoms with van der Waals surface area (Å²) in [4.78, 5) is -0.0369. The average molecular weight is 321 g/mol. The van der Waals surface area contributed by atoms with E-state index in [9.17, 15) is 13.5 Å². The SMILES string of the molecule is CCC(CC)C(O)CNS(=O)(=O)c1ccc(N)cc1Cl. The van der Waals surface area contributed by atoms with Crippen LogP contribution in [0.5, 0.6) is 0 Å². The van der Waals surface area contributed by atoms with E-state index in [2.05, 4.69) is 4.72 Å². The van der Waals surface area contributed by atoms with Gasteiger partial charge in [-0.15, -0.1) is 0 Å². The lowest BCUT2D eigenvalue weighted by Gasteiger charge is -2.20. The van der Waals surface area contributed by atoms with Crippen LogP contribution in [0.1, 0.15) is 26.7 Å². The van der Waals surface area contributed by atoms with Gasteiger partial charge >= 0.3 is 0 Å². The molecule has 1 rings (SSSR count). The van der Waals surface area contributed by atoms with Crippen molar-refractivity contribution in [3.63, 3.8) is 0 Å². The minimum Gasteiger partial charge on any atom is -0.399 e.